The topological polar surface area (TPSA) is 82.0 Å². The zero-order valence-corrected chi connectivity index (χ0v) is 15.7. The van der Waals surface area contributed by atoms with Gasteiger partial charge < -0.3 is 10.6 Å². The second kappa shape index (κ2) is 8.21. The van der Waals surface area contributed by atoms with E-state index in [2.05, 4.69) is 16.7 Å². The van der Waals surface area contributed by atoms with E-state index in [1.54, 1.807) is 0 Å². The zero-order chi connectivity index (χ0) is 18.5. The fourth-order valence-electron chi connectivity index (χ4n) is 2.73. The summed E-state index contributed by atoms with van der Waals surface area (Å²) in [4.78, 5) is 24.3. The van der Waals surface area contributed by atoms with Gasteiger partial charge in [0.15, 0.2) is 0 Å². The van der Waals surface area contributed by atoms with E-state index in [0.29, 0.717) is 10.6 Å². The SMILES string of the molecule is Cc1ccccc1NC(=O)CSC1=C(C#N)[C@@H](c2ccsc2)CC(=O)N1. The van der Waals surface area contributed by atoms with Gasteiger partial charge in [-0.1, -0.05) is 30.0 Å². The van der Waals surface area contributed by atoms with E-state index in [4.69, 9.17) is 0 Å². The third-order valence-corrected chi connectivity index (χ3v) is 5.79. The van der Waals surface area contributed by atoms with Crippen LogP contribution in [-0.2, 0) is 9.59 Å². The van der Waals surface area contributed by atoms with Crippen LogP contribution in [0.1, 0.15) is 23.5 Å². The van der Waals surface area contributed by atoms with E-state index >= 15 is 0 Å². The normalized spacial score (nSPS) is 16.8. The van der Waals surface area contributed by atoms with Crippen LogP contribution in [0.5, 0.6) is 0 Å². The molecule has 3 rings (SSSR count). The lowest BCUT2D eigenvalue weighted by molar-refractivity contribution is -0.121. The molecule has 2 heterocycles. The second-order valence-electron chi connectivity index (χ2n) is 5.87. The minimum absolute atomic E-state index is 0.117. The Labute approximate surface area is 160 Å². The molecule has 1 aliphatic heterocycles. The first-order valence-corrected chi connectivity index (χ1v) is 9.96. The summed E-state index contributed by atoms with van der Waals surface area (Å²) in [6, 6.07) is 11.7. The van der Waals surface area contributed by atoms with Crippen molar-refractivity contribution in [3.63, 3.8) is 0 Å². The van der Waals surface area contributed by atoms with Gasteiger partial charge in [-0.05, 0) is 40.9 Å². The fourth-order valence-corrected chi connectivity index (χ4v) is 4.32. The number of amides is 2. The molecule has 2 amide bonds. The number of thioether (sulfide) groups is 1. The molecule has 2 N–H and O–H groups in total. The number of nitriles is 1. The highest BCUT2D eigenvalue weighted by molar-refractivity contribution is 8.03. The summed E-state index contributed by atoms with van der Waals surface area (Å²) in [6.07, 6.45) is 0.249. The van der Waals surface area contributed by atoms with Crippen LogP contribution in [0, 0.1) is 18.3 Å². The van der Waals surface area contributed by atoms with Crippen LogP contribution in [0.15, 0.2) is 51.7 Å². The molecule has 0 saturated heterocycles. The second-order valence-corrected chi connectivity index (χ2v) is 7.63. The van der Waals surface area contributed by atoms with E-state index in [1.165, 1.54) is 23.1 Å². The average molecular weight is 383 g/mol. The van der Waals surface area contributed by atoms with Crippen molar-refractivity contribution >= 4 is 40.6 Å². The number of hydrogen-bond donors (Lipinski definition) is 2. The number of thiophene rings is 1. The third kappa shape index (κ3) is 4.15. The smallest absolute Gasteiger partial charge is 0.234 e. The standard InChI is InChI=1S/C19H17N3O2S2/c1-12-4-2-3-5-16(12)21-18(24)11-26-19-15(9-20)14(8-17(23)22-19)13-6-7-25-10-13/h2-7,10,14H,8,11H2,1H3,(H,21,24)(H,22,23)/t14-/m1/s1. The summed E-state index contributed by atoms with van der Waals surface area (Å²) in [5, 5.41) is 19.5. The lowest BCUT2D eigenvalue weighted by atomic mass is 9.89. The quantitative estimate of drug-likeness (QED) is 0.823. The lowest BCUT2D eigenvalue weighted by Crippen LogP contribution is -2.31. The summed E-state index contributed by atoms with van der Waals surface area (Å²) < 4.78 is 0. The first kappa shape index (κ1) is 18.2. The van der Waals surface area contributed by atoms with Gasteiger partial charge in [-0.25, -0.2) is 0 Å². The van der Waals surface area contributed by atoms with Crippen molar-refractivity contribution < 1.29 is 9.59 Å². The van der Waals surface area contributed by atoms with E-state index < -0.39 is 0 Å². The maximum absolute atomic E-state index is 12.2. The van der Waals surface area contributed by atoms with E-state index in [-0.39, 0.29) is 29.9 Å². The number of allylic oxidation sites excluding steroid dienone is 1. The monoisotopic (exact) mass is 383 g/mol. The van der Waals surface area contributed by atoms with Gasteiger partial charge in [0.1, 0.15) is 0 Å². The average Bonchev–Trinajstić information content (AvgIpc) is 3.16. The van der Waals surface area contributed by atoms with Gasteiger partial charge in [0.05, 0.1) is 22.4 Å². The molecule has 1 aromatic heterocycles. The summed E-state index contributed by atoms with van der Waals surface area (Å²) in [5.41, 5.74) is 3.21. The fraction of sp³-hybridized carbons (Fsp3) is 0.211. The molecule has 1 atom stereocenters. The molecule has 132 valence electrons. The van der Waals surface area contributed by atoms with Gasteiger partial charge in [-0.3, -0.25) is 9.59 Å². The van der Waals surface area contributed by atoms with Crippen LogP contribution in [0.3, 0.4) is 0 Å². The predicted molar refractivity (Wildman–Crippen MR) is 105 cm³/mol. The Balaban J connectivity index is 1.72. The molecule has 2 aromatic rings. The van der Waals surface area contributed by atoms with Gasteiger partial charge in [0.25, 0.3) is 0 Å². The minimum atomic E-state index is -0.248. The third-order valence-electron chi connectivity index (χ3n) is 4.07. The minimum Gasteiger partial charge on any atom is -0.325 e. The van der Waals surface area contributed by atoms with Crippen LogP contribution in [0.2, 0.25) is 0 Å². The van der Waals surface area contributed by atoms with Gasteiger partial charge >= 0.3 is 0 Å². The molecule has 0 aliphatic carbocycles. The number of rotatable bonds is 5. The molecule has 5 nitrogen and oxygen atoms in total. The Bertz CT molecular complexity index is 898. The molecule has 26 heavy (non-hydrogen) atoms. The molecule has 0 spiro atoms. The van der Waals surface area contributed by atoms with Crippen molar-refractivity contribution in [1.29, 1.82) is 5.26 Å². The molecule has 0 saturated carbocycles. The number of para-hydroxylation sites is 1. The predicted octanol–water partition coefficient (Wildman–Crippen LogP) is 3.77. The van der Waals surface area contributed by atoms with E-state index in [9.17, 15) is 14.9 Å². The molecule has 1 aromatic carbocycles. The summed E-state index contributed by atoms with van der Waals surface area (Å²) >= 11 is 2.72. The molecule has 0 bridgehead atoms. The first-order valence-electron chi connectivity index (χ1n) is 8.03. The van der Waals surface area contributed by atoms with Gasteiger partial charge in [0.2, 0.25) is 11.8 Å². The summed E-state index contributed by atoms with van der Waals surface area (Å²) in [7, 11) is 0. The molecule has 0 radical (unpaired) electrons. The van der Waals surface area contributed by atoms with Crippen molar-refractivity contribution in [3.05, 3.63) is 62.8 Å². The number of carbonyl (C=O) groups is 2. The first-order chi connectivity index (χ1) is 12.6. The maximum atomic E-state index is 12.2. The van der Waals surface area contributed by atoms with E-state index in [1.807, 2.05) is 48.0 Å². The van der Waals surface area contributed by atoms with E-state index in [0.717, 1.165) is 16.8 Å². The maximum Gasteiger partial charge on any atom is 0.234 e. The number of benzene rings is 1. The van der Waals surface area contributed by atoms with Crippen molar-refractivity contribution in [2.75, 3.05) is 11.1 Å². The van der Waals surface area contributed by atoms with Crippen LogP contribution in [-0.4, -0.2) is 17.6 Å². The number of nitrogens with zero attached hydrogens (tertiary/aromatic N) is 1. The Morgan fingerprint density at radius 3 is 2.92 bits per heavy atom. The van der Waals surface area contributed by atoms with Crippen molar-refractivity contribution in [2.45, 2.75) is 19.3 Å². The Kier molecular flexibility index (Phi) is 5.76. The van der Waals surface area contributed by atoms with Gasteiger partial charge in [-0.15, -0.1) is 0 Å². The summed E-state index contributed by atoms with van der Waals surface area (Å²) in [6.45, 7) is 1.92. The molecule has 0 fully saturated rings. The molecular weight excluding hydrogens is 366 g/mol. The Hall–Kier alpha value is -2.56. The van der Waals surface area contributed by atoms with Crippen molar-refractivity contribution in [1.82, 2.24) is 5.32 Å². The highest BCUT2D eigenvalue weighted by atomic mass is 32.2. The van der Waals surface area contributed by atoms with Crippen LogP contribution < -0.4 is 10.6 Å². The van der Waals surface area contributed by atoms with Crippen LogP contribution in [0.25, 0.3) is 0 Å². The van der Waals surface area contributed by atoms with Gasteiger partial charge in [-0.2, -0.15) is 16.6 Å². The zero-order valence-electron chi connectivity index (χ0n) is 14.1. The largest absolute Gasteiger partial charge is 0.325 e. The summed E-state index contributed by atoms with van der Waals surface area (Å²) in [5.74, 6) is -0.448. The number of aryl methyl sites for hydroxylation is 1. The highest BCUT2D eigenvalue weighted by Gasteiger charge is 2.30. The number of hydrogen-bond acceptors (Lipinski definition) is 5. The lowest BCUT2D eigenvalue weighted by Gasteiger charge is -2.24. The van der Waals surface area contributed by atoms with Crippen LogP contribution in [0.4, 0.5) is 5.69 Å². The number of nitrogens with one attached hydrogen (secondary N) is 2. The van der Waals surface area contributed by atoms with Crippen LogP contribution >= 0.6 is 23.1 Å². The molecule has 0 unspecified atom stereocenters. The molecular formula is C19H17N3O2S2. The van der Waals surface area contributed by atoms with Crippen molar-refractivity contribution in [3.8, 4) is 6.07 Å². The van der Waals surface area contributed by atoms with Gasteiger partial charge in [0, 0.05) is 18.0 Å². The Morgan fingerprint density at radius 2 is 2.23 bits per heavy atom. The number of carbonyl (C=O) groups excluding carboxylic acids is 2. The number of anilines is 1. The van der Waals surface area contributed by atoms with Crippen molar-refractivity contribution in [2.24, 2.45) is 0 Å². The molecule has 7 heteroatoms. The Morgan fingerprint density at radius 1 is 1.42 bits per heavy atom. The molecule has 1 aliphatic rings. The highest BCUT2D eigenvalue weighted by Crippen LogP contribution is 2.36.